The molecule has 0 aromatic carbocycles. The van der Waals surface area contributed by atoms with Crippen molar-refractivity contribution in [2.75, 3.05) is 13.1 Å². The fraction of sp³-hybridized carbons (Fsp3) is 0.778. The highest BCUT2D eigenvalue weighted by Crippen LogP contribution is 2.29. The van der Waals surface area contributed by atoms with E-state index in [0.717, 1.165) is 13.1 Å². The van der Waals surface area contributed by atoms with E-state index in [9.17, 15) is 9.59 Å². The van der Waals surface area contributed by atoms with Crippen LogP contribution in [0.5, 0.6) is 0 Å². The highest BCUT2D eigenvalue weighted by Gasteiger charge is 2.47. The summed E-state index contributed by atoms with van der Waals surface area (Å²) in [6, 6.07) is 0.422. The van der Waals surface area contributed by atoms with Crippen LogP contribution in [0.4, 0.5) is 0 Å². The van der Waals surface area contributed by atoms with Gasteiger partial charge in [-0.15, -0.1) is 0 Å². The van der Waals surface area contributed by atoms with Crippen molar-refractivity contribution in [3.05, 3.63) is 0 Å². The number of carbonyl (C=O) groups excluding carboxylic acids is 2. The van der Waals surface area contributed by atoms with Crippen molar-refractivity contribution in [2.24, 2.45) is 11.8 Å². The van der Waals surface area contributed by atoms with E-state index < -0.39 is 0 Å². The van der Waals surface area contributed by atoms with Gasteiger partial charge >= 0.3 is 0 Å². The minimum atomic E-state index is -0.0881. The Balaban J connectivity index is 2.13. The highest BCUT2D eigenvalue weighted by atomic mass is 16.2. The number of fused-ring (bicyclic) bond motifs is 1. The molecular weight excluding hydrogens is 168 g/mol. The van der Waals surface area contributed by atoms with Crippen molar-refractivity contribution in [1.82, 2.24) is 10.2 Å². The number of carbonyl (C=O) groups is 2. The number of nitrogens with one attached hydrogen (secondary N) is 1. The molecule has 0 radical (unpaired) electrons. The fourth-order valence-corrected chi connectivity index (χ4v) is 2.09. The predicted octanol–water partition coefficient (Wildman–Crippen LogP) is -0.401. The SMILES string of the molecule is CC(C)N1CC2C(=O)NC(=O)C2C1. The van der Waals surface area contributed by atoms with E-state index in [1.807, 2.05) is 0 Å². The van der Waals surface area contributed by atoms with Crippen molar-refractivity contribution in [2.45, 2.75) is 19.9 Å². The van der Waals surface area contributed by atoms with E-state index in [4.69, 9.17) is 0 Å². The molecule has 72 valence electrons. The second kappa shape index (κ2) is 2.80. The Bertz CT molecular complexity index is 240. The van der Waals surface area contributed by atoms with Crippen LogP contribution in [-0.2, 0) is 9.59 Å². The van der Waals surface area contributed by atoms with Crippen molar-refractivity contribution < 1.29 is 9.59 Å². The zero-order valence-electron chi connectivity index (χ0n) is 7.91. The second-order valence-corrected chi connectivity index (χ2v) is 4.11. The first-order chi connectivity index (χ1) is 6.09. The van der Waals surface area contributed by atoms with Crippen LogP contribution in [0.3, 0.4) is 0 Å². The molecule has 0 bridgehead atoms. The topological polar surface area (TPSA) is 49.4 Å². The molecule has 2 amide bonds. The maximum atomic E-state index is 11.3. The molecule has 2 fully saturated rings. The first-order valence-corrected chi connectivity index (χ1v) is 4.68. The third-order valence-electron chi connectivity index (χ3n) is 3.00. The molecule has 0 saturated carbocycles. The van der Waals surface area contributed by atoms with Crippen LogP contribution in [0.15, 0.2) is 0 Å². The molecule has 2 atom stereocenters. The Hall–Kier alpha value is -0.900. The maximum absolute atomic E-state index is 11.3. The summed E-state index contributed by atoms with van der Waals surface area (Å²) in [5, 5.41) is 2.37. The van der Waals surface area contributed by atoms with Gasteiger partial charge in [0, 0.05) is 19.1 Å². The quantitative estimate of drug-likeness (QED) is 0.561. The molecule has 4 nitrogen and oxygen atoms in total. The Morgan fingerprint density at radius 3 is 2.08 bits per heavy atom. The van der Waals surface area contributed by atoms with Gasteiger partial charge in [0.2, 0.25) is 11.8 Å². The van der Waals surface area contributed by atoms with E-state index in [0.29, 0.717) is 6.04 Å². The van der Waals surface area contributed by atoms with Crippen LogP contribution in [0.25, 0.3) is 0 Å². The van der Waals surface area contributed by atoms with Crippen molar-refractivity contribution in [3.8, 4) is 0 Å². The lowest BCUT2D eigenvalue weighted by Gasteiger charge is -2.20. The van der Waals surface area contributed by atoms with E-state index in [2.05, 4.69) is 24.1 Å². The Labute approximate surface area is 77.3 Å². The Morgan fingerprint density at radius 1 is 1.23 bits per heavy atom. The van der Waals surface area contributed by atoms with Gasteiger partial charge < -0.3 is 0 Å². The summed E-state index contributed by atoms with van der Waals surface area (Å²) in [4.78, 5) is 24.7. The molecule has 2 heterocycles. The van der Waals surface area contributed by atoms with Crippen LogP contribution in [0.2, 0.25) is 0 Å². The molecule has 2 saturated heterocycles. The third kappa shape index (κ3) is 1.25. The monoisotopic (exact) mass is 182 g/mol. The molecule has 0 aliphatic carbocycles. The molecule has 2 unspecified atom stereocenters. The first kappa shape index (κ1) is 8.69. The summed E-state index contributed by atoms with van der Waals surface area (Å²) in [6.45, 7) is 5.65. The molecule has 0 aromatic rings. The number of imide groups is 1. The molecular formula is C9H14N2O2. The van der Waals surface area contributed by atoms with E-state index >= 15 is 0 Å². The van der Waals surface area contributed by atoms with Crippen molar-refractivity contribution in [3.63, 3.8) is 0 Å². The summed E-state index contributed by atoms with van der Waals surface area (Å²) < 4.78 is 0. The molecule has 2 rings (SSSR count). The molecule has 13 heavy (non-hydrogen) atoms. The summed E-state index contributed by atoms with van der Waals surface area (Å²) in [5.74, 6) is -0.346. The van der Waals surface area contributed by atoms with Gasteiger partial charge in [-0.2, -0.15) is 0 Å². The standard InChI is InChI=1S/C9H14N2O2/c1-5(2)11-3-6-7(4-11)9(13)10-8(6)12/h5-7H,3-4H2,1-2H3,(H,10,12,13). The molecule has 4 heteroatoms. The van der Waals surface area contributed by atoms with Crippen molar-refractivity contribution in [1.29, 1.82) is 0 Å². The second-order valence-electron chi connectivity index (χ2n) is 4.11. The molecule has 1 N–H and O–H groups in total. The van der Waals surface area contributed by atoms with Crippen LogP contribution in [0, 0.1) is 11.8 Å². The van der Waals surface area contributed by atoms with Gasteiger partial charge in [-0.1, -0.05) is 0 Å². The van der Waals surface area contributed by atoms with Gasteiger partial charge in [-0.25, -0.2) is 0 Å². The normalized spacial score (nSPS) is 34.1. The minimum Gasteiger partial charge on any atom is -0.299 e. The number of hydrogen-bond acceptors (Lipinski definition) is 3. The Morgan fingerprint density at radius 2 is 1.69 bits per heavy atom. The smallest absolute Gasteiger partial charge is 0.231 e. The molecule has 2 aliphatic heterocycles. The highest BCUT2D eigenvalue weighted by molar-refractivity contribution is 6.05. The van der Waals surface area contributed by atoms with Gasteiger partial charge in [0.05, 0.1) is 11.8 Å². The van der Waals surface area contributed by atoms with Crippen LogP contribution in [-0.4, -0.2) is 35.8 Å². The fourth-order valence-electron chi connectivity index (χ4n) is 2.09. The lowest BCUT2D eigenvalue weighted by atomic mass is 10.00. The zero-order chi connectivity index (χ0) is 9.59. The van der Waals surface area contributed by atoms with Crippen molar-refractivity contribution >= 4 is 11.8 Å². The first-order valence-electron chi connectivity index (χ1n) is 4.68. The largest absolute Gasteiger partial charge is 0.299 e. The molecule has 0 spiro atoms. The summed E-state index contributed by atoms with van der Waals surface area (Å²) >= 11 is 0. The molecule has 2 aliphatic rings. The lowest BCUT2D eigenvalue weighted by Crippen LogP contribution is -2.34. The number of likely N-dealkylation sites (tertiary alicyclic amines) is 1. The maximum Gasteiger partial charge on any atom is 0.231 e. The van der Waals surface area contributed by atoms with E-state index in [1.54, 1.807) is 0 Å². The minimum absolute atomic E-state index is 0.0850. The van der Waals surface area contributed by atoms with Gasteiger partial charge in [0.1, 0.15) is 0 Å². The van der Waals surface area contributed by atoms with Gasteiger partial charge in [-0.05, 0) is 13.8 Å². The Kier molecular flexibility index (Phi) is 1.87. The summed E-state index contributed by atoms with van der Waals surface area (Å²) in [7, 11) is 0. The van der Waals surface area contributed by atoms with Gasteiger partial charge in [0.15, 0.2) is 0 Å². The third-order valence-corrected chi connectivity index (χ3v) is 3.00. The lowest BCUT2D eigenvalue weighted by molar-refractivity contribution is -0.126. The summed E-state index contributed by atoms with van der Waals surface area (Å²) in [6.07, 6.45) is 0. The van der Waals surface area contributed by atoms with Gasteiger partial charge in [0.25, 0.3) is 0 Å². The van der Waals surface area contributed by atoms with Crippen LogP contribution < -0.4 is 5.32 Å². The predicted molar refractivity (Wildman–Crippen MR) is 46.8 cm³/mol. The van der Waals surface area contributed by atoms with E-state index in [1.165, 1.54) is 0 Å². The van der Waals surface area contributed by atoms with Crippen LogP contribution in [0.1, 0.15) is 13.8 Å². The number of nitrogens with zero attached hydrogens (tertiary/aromatic N) is 1. The van der Waals surface area contributed by atoms with Crippen LogP contribution >= 0.6 is 0 Å². The number of rotatable bonds is 1. The number of amides is 2. The van der Waals surface area contributed by atoms with E-state index in [-0.39, 0.29) is 23.7 Å². The van der Waals surface area contributed by atoms with Gasteiger partial charge in [-0.3, -0.25) is 19.8 Å². The summed E-state index contributed by atoms with van der Waals surface area (Å²) in [5.41, 5.74) is 0. The average Bonchev–Trinajstić information content (AvgIpc) is 2.55. The zero-order valence-corrected chi connectivity index (χ0v) is 7.91. The molecule has 0 aromatic heterocycles. The number of hydrogen-bond donors (Lipinski definition) is 1. The average molecular weight is 182 g/mol.